The monoisotopic (exact) mass is 277 g/mol. The second-order valence-corrected chi connectivity index (χ2v) is 4.71. The Morgan fingerprint density at radius 3 is 2.37 bits per heavy atom. The molecule has 0 aliphatic rings. The lowest BCUT2D eigenvalue weighted by Gasteiger charge is -2.10. The number of benzene rings is 2. The van der Waals surface area contributed by atoms with Gasteiger partial charge in [0.25, 0.3) is 0 Å². The van der Waals surface area contributed by atoms with Crippen molar-refractivity contribution in [2.24, 2.45) is 5.73 Å². The van der Waals surface area contributed by atoms with Crippen molar-refractivity contribution in [1.82, 2.24) is 0 Å². The molecule has 0 saturated heterocycles. The van der Waals surface area contributed by atoms with Gasteiger partial charge in [-0.15, -0.1) is 12.4 Å². The molecule has 19 heavy (non-hydrogen) atoms. The van der Waals surface area contributed by atoms with Crippen molar-refractivity contribution in [3.05, 3.63) is 59.7 Å². The first-order chi connectivity index (χ1) is 8.69. The second kappa shape index (κ2) is 7.29. The normalized spacial score (nSPS) is 11.7. The van der Waals surface area contributed by atoms with E-state index < -0.39 is 0 Å². The van der Waals surface area contributed by atoms with E-state index >= 15 is 0 Å². The minimum atomic E-state index is -0.182. The molecule has 0 fully saturated rings. The Balaban J connectivity index is 0.00000180. The first kappa shape index (κ1) is 15.7. The highest BCUT2D eigenvalue weighted by molar-refractivity contribution is 5.85. The summed E-state index contributed by atoms with van der Waals surface area (Å²) in [5.74, 6) is 0. The molecule has 0 aliphatic carbocycles. The number of rotatable bonds is 4. The molecule has 2 nitrogen and oxygen atoms in total. The maximum Gasteiger partial charge on any atom is 0.0585 e. The molecule has 2 aromatic carbocycles. The number of hydrogen-bond acceptors (Lipinski definition) is 2. The Kier molecular flexibility index (Phi) is 6.03. The third kappa shape index (κ3) is 4.35. The van der Waals surface area contributed by atoms with Crippen molar-refractivity contribution in [2.75, 3.05) is 6.61 Å². The van der Waals surface area contributed by atoms with Crippen LogP contribution < -0.4 is 5.73 Å². The molecule has 0 radical (unpaired) electrons. The van der Waals surface area contributed by atoms with E-state index in [0.717, 1.165) is 5.56 Å². The van der Waals surface area contributed by atoms with Gasteiger partial charge in [0.15, 0.2) is 0 Å². The molecule has 0 aliphatic heterocycles. The molecule has 1 unspecified atom stereocenters. The lowest BCUT2D eigenvalue weighted by molar-refractivity contribution is 0.265. The van der Waals surface area contributed by atoms with E-state index in [9.17, 15) is 0 Å². The minimum absolute atomic E-state index is 0. The first-order valence-electron chi connectivity index (χ1n) is 6.21. The van der Waals surface area contributed by atoms with Crippen LogP contribution in [-0.4, -0.2) is 17.8 Å². The van der Waals surface area contributed by atoms with Crippen LogP contribution >= 0.6 is 12.4 Å². The molecular formula is C16H20ClNO. The number of nitrogens with two attached hydrogens (primary N) is 1. The maximum absolute atomic E-state index is 8.99. The van der Waals surface area contributed by atoms with Gasteiger partial charge in [-0.3, -0.25) is 0 Å². The van der Waals surface area contributed by atoms with E-state index in [4.69, 9.17) is 10.8 Å². The van der Waals surface area contributed by atoms with E-state index in [2.05, 4.69) is 43.3 Å². The Hall–Kier alpha value is -1.35. The van der Waals surface area contributed by atoms with Crippen LogP contribution in [0.25, 0.3) is 11.1 Å². The molecule has 0 amide bonds. The highest BCUT2D eigenvalue weighted by Gasteiger charge is 2.04. The Labute approximate surface area is 120 Å². The zero-order chi connectivity index (χ0) is 13.0. The summed E-state index contributed by atoms with van der Waals surface area (Å²) in [5, 5.41) is 8.99. The van der Waals surface area contributed by atoms with Crippen LogP contribution in [0.4, 0.5) is 0 Å². The van der Waals surface area contributed by atoms with Gasteiger partial charge in [0.1, 0.15) is 0 Å². The molecule has 1 atom stereocenters. The lowest BCUT2D eigenvalue weighted by Crippen LogP contribution is -2.26. The predicted molar refractivity (Wildman–Crippen MR) is 82.6 cm³/mol. The molecule has 0 spiro atoms. The smallest absolute Gasteiger partial charge is 0.0585 e. The van der Waals surface area contributed by atoms with Crippen molar-refractivity contribution >= 4 is 12.4 Å². The van der Waals surface area contributed by atoms with Gasteiger partial charge < -0.3 is 10.8 Å². The summed E-state index contributed by atoms with van der Waals surface area (Å²) >= 11 is 0. The van der Waals surface area contributed by atoms with Gasteiger partial charge in [0, 0.05) is 6.04 Å². The van der Waals surface area contributed by atoms with Crippen molar-refractivity contribution in [2.45, 2.75) is 19.4 Å². The van der Waals surface area contributed by atoms with Gasteiger partial charge in [-0.1, -0.05) is 54.1 Å². The van der Waals surface area contributed by atoms with Crippen LogP contribution in [0.15, 0.2) is 48.5 Å². The van der Waals surface area contributed by atoms with Crippen LogP contribution in [0.1, 0.15) is 11.1 Å². The van der Waals surface area contributed by atoms with Crippen molar-refractivity contribution < 1.29 is 5.11 Å². The van der Waals surface area contributed by atoms with Gasteiger partial charge in [0.05, 0.1) is 6.61 Å². The predicted octanol–water partition coefficient (Wildman–Crippen LogP) is 2.95. The number of aliphatic hydroxyl groups is 1. The quantitative estimate of drug-likeness (QED) is 0.903. The summed E-state index contributed by atoms with van der Waals surface area (Å²) in [5.41, 5.74) is 10.6. The standard InChI is InChI=1S/C16H19NO.ClH/c1-12-5-7-14(8-6-12)15-4-2-3-13(9-15)10-16(17)11-18;/h2-9,16,18H,10-11,17H2,1H3;1H. The molecule has 3 heteroatoms. The van der Waals surface area contributed by atoms with E-state index in [1.165, 1.54) is 16.7 Å². The highest BCUT2D eigenvalue weighted by Crippen LogP contribution is 2.21. The second-order valence-electron chi connectivity index (χ2n) is 4.71. The summed E-state index contributed by atoms with van der Waals surface area (Å²) in [6.07, 6.45) is 0.705. The largest absolute Gasteiger partial charge is 0.395 e. The summed E-state index contributed by atoms with van der Waals surface area (Å²) in [6.45, 7) is 2.11. The topological polar surface area (TPSA) is 46.2 Å². The molecule has 3 N–H and O–H groups in total. The fourth-order valence-electron chi connectivity index (χ4n) is 1.99. The van der Waals surface area contributed by atoms with E-state index in [1.807, 2.05) is 12.1 Å². The molecule has 102 valence electrons. The first-order valence-corrected chi connectivity index (χ1v) is 6.21. The van der Waals surface area contributed by atoms with Crippen LogP contribution in [0.2, 0.25) is 0 Å². The van der Waals surface area contributed by atoms with Crippen LogP contribution in [0, 0.1) is 6.92 Å². The van der Waals surface area contributed by atoms with Gasteiger partial charge >= 0.3 is 0 Å². The lowest BCUT2D eigenvalue weighted by atomic mass is 9.99. The number of aliphatic hydroxyl groups excluding tert-OH is 1. The Morgan fingerprint density at radius 2 is 1.74 bits per heavy atom. The molecule has 2 rings (SSSR count). The summed E-state index contributed by atoms with van der Waals surface area (Å²) < 4.78 is 0. The van der Waals surface area contributed by atoms with Crippen LogP contribution in [-0.2, 0) is 6.42 Å². The van der Waals surface area contributed by atoms with Crippen molar-refractivity contribution in [3.63, 3.8) is 0 Å². The van der Waals surface area contributed by atoms with Crippen molar-refractivity contribution in [1.29, 1.82) is 0 Å². The Bertz CT molecular complexity index is 510. The highest BCUT2D eigenvalue weighted by atomic mass is 35.5. The minimum Gasteiger partial charge on any atom is -0.395 e. The average Bonchev–Trinajstić information content (AvgIpc) is 2.40. The molecule has 0 heterocycles. The molecule has 2 aromatic rings. The summed E-state index contributed by atoms with van der Waals surface area (Å²) in [6, 6.07) is 16.6. The third-order valence-electron chi connectivity index (χ3n) is 3.04. The third-order valence-corrected chi connectivity index (χ3v) is 3.04. The molecule has 0 saturated carbocycles. The number of aryl methyl sites for hydroxylation is 1. The van der Waals surface area contributed by atoms with Crippen molar-refractivity contribution in [3.8, 4) is 11.1 Å². The maximum atomic E-state index is 8.99. The van der Waals surface area contributed by atoms with Crippen LogP contribution in [0.5, 0.6) is 0 Å². The zero-order valence-corrected chi connectivity index (χ0v) is 11.9. The van der Waals surface area contributed by atoms with Gasteiger partial charge in [-0.2, -0.15) is 0 Å². The van der Waals surface area contributed by atoms with Crippen LogP contribution in [0.3, 0.4) is 0 Å². The average molecular weight is 278 g/mol. The molecule has 0 aromatic heterocycles. The molecular weight excluding hydrogens is 258 g/mol. The number of halogens is 1. The number of hydrogen-bond donors (Lipinski definition) is 2. The zero-order valence-electron chi connectivity index (χ0n) is 11.0. The van der Waals surface area contributed by atoms with Gasteiger partial charge in [0.2, 0.25) is 0 Å². The summed E-state index contributed by atoms with van der Waals surface area (Å²) in [4.78, 5) is 0. The summed E-state index contributed by atoms with van der Waals surface area (Å²) in [7, 11) is 0. The fraction of sp³-hybridized carbons (Fsp3) is 0.250. The van der Waals surface area contributed by atoms with E-state index in [0.29, 0.717) is 6.42 Å². The SMILES string of the molecule is Cc1ccc(-c2cccc(CC(N)CO)c2)cc1.Cl. The Morgan fingerprint density at radius 1 is 1.05 bits per heavy atom. The van der Waals surface area contributed by atoms with E-state index in [1.54, 1.807) is 0 Å². The van der Waals surface area contributed by atoms with Gasteiger partial charge in [-0.25, -0.2) is 0 Å². The van der Waals surface area contributed by atoms with Gasteiger partial charge in [-0.05, 0) is 30.0 Å². The molecule has 0 bridgehead atoms. The fourth-order valence-corrected chi connectivity index (χ4v) is 1.99. The van der Waals surface area contributed by atoms with E-state index in [-0.39, 0.29) is 25.1 Å².